The lowest BCUT2D eigenvalue weighted by Crippen LogP contribution is -2.05. The fraction of sp³-hybridized carbons (Fsp3) is 0.250. The first kappa shape index (κ1) is 14.1. The van der Waals surface area contributed by atoms with Crippen molar-refractivity contribution in [2.75, 3.05) is 7.11 Å². The first-order valence-corrected chi connectivity index (χ1v) is 5.92. The van der Waals surface area contributed by atoms with Crippen molar-refractivity contribution in [1.29, 1.82) is 0 Å². The summed E-state index contributed by atoms with van der Waals surface area (Å²) in [5.41, 5.74) is -0.106. The van der Waals surface area contributed by atoms with Gasteiger partial charge in [-0.15, -0.1) is 0 Å². The molecule has 1 aromatic heterocycles. The number of aryl methyl sites for hydroxylation is 1. The molecular formula is C12H11ClN2O5. The lowest BCUT2D eigenvalue weighted by atomic mass is 10.2. The zero-order chi connectivity index (χ0) is 14.7. The van der Waals surface area contributed by atoms with Gasteiger partial charge >= 0.3 is 5.97 Å². The summed E-state index contributed by atoms with van der Waals surface area (Å²) in [6, 6.07) is 2.74. The summed E-state index contributed by atoms with van der Waals surface area (Å²) in [5, 5.41) is 13.0. The molecule has 1 N–H and O–H groups in total. The molecule has 0 saturated heterocycles. The van der Waals surface area contributed by atoms with Crippen LogP contribution in [-0.2, 0) is 6.61 Å². The van der Waals surface area contributed by atoms with Crippen LogP contribution < -0.4 is 9.47 Å². The second-order valence-electron chi connectivity index (χ2n) is 3.81. The number of carboxylic acids is 1. The van der Waals surface area contributed by atoms with Crippen molar-refractivity contribution >= 4 is 17.6 Å². The van der Waals surface area contributed by atoms with Gasteiger partial charge in [0.05, 0.1) is 7.11 Å². The number of hydrogen-bond acceptors (Lipinski definition) is 6. The Balaban J connectivity index is 2.31. The molecule has 2 aromatic rings. The first-order chi connectivity index (χ1) is 9.51. The van der Waals surface area contributed by atoms with Crippen LogP contribution in [0.25, 0.3) is 0 Å². The van der Waals surface area contributed by atoms with E-state index in [0.29, 0.717) is 5.82 Å². The van der Waals surface area contributed by atoms with E-state index in [9.17, 15) is 4.79 Å². The van der Waals surface area contributed by atoms with Gasteiger partial charge in [-0.2, -0.15) is 4.98 Å². The molecule has 2 rings (SSSR count). The van der Waals surface area contributed by atoms with Gasteiger partial charge in [0.15, 0.2) is 23.9 Å². The first-order valence-electron chi connectivity index (χ1n) is 5.54. The van der Waals surface area contributed by atoms with Crippen LogP contribution in [0.15, 0.2) is 16.7 Å². The standard InChI is InChI=1S/C12H11ClN2O5/c1-6-14-10(20-15-6)5-19-11-8(12(16)17)3-7(13)4-9(11)18-2/h3-4H,5H2,1-2H3,(H,16,17). The molecule has 0 amide bonds. The zero-order valence-corrected chi connectivity index (χ0v) is 11.5. The van der Waals surface area contributed by atoms with Gasteiger partial charge in [0, 0.05) is 11.1 Å². The van der Waals surface area contributed by atoms with E-state index in [1.807, 2.05) is 0 Å². The van der Waals surface area contributed by atoms with Crippen molar-refractivity contribution in [2.24, 2.45) is 0 Å². The fourth-order valence-corrected chi connectivity index (χ4v) is 1.77. The van der Waals surface area contributed by atoms with E-state index in [0.717, 1.165) is 0 Å². The molecule has 20 heavy (non-hydrogen) atoms. The predicted molar refractivity (Wildman–Crippen MR) is 68.3 cm³/mol. The molecular weight excluding hydrogens is 288 g/mol. The Labute approximate surface area is 119 Å². The van der Waals surface area contributed by atoms with E-state index in [1.54, 1.807) is 6.92 Å². The molecule has 0 bridgehead atoms. The van der Waals surface area contributed by atoms with E-state index in [-0.39, 0.29) is 34.6 Å². The van der Waals surface area contributed by atoms with Gasteiger partial charge in [-0.3, -0.25) is 0 Å². The maximum absolute atomic E-state index is 11.2. The largest absolute Gasteiger partial charge is 0.493 e. The van der Waals surface area contributed by atoms with Crippen molar-refractivity contribution in [2.45, 2.75) is 13.5 Å². The Hall–Kier alpha value is -2.28. The monoisotopic (exact) mass is 298 g/mol. The van der Waals surface area contributed by atoms with Crippen LogP contribution in [-0.4, -0.2) is 28.3 Å². The summed E-state index contributed by atoms with van der Waals surface area (Å²) in [6.07, 6.45) is 0. The molecule has 0 aliphatic heterocycles. The summed E-state index contributed by atoms with van der Waals surface area (Å²) in [7, 11) is 1.39. The predicted octanol–water partition coefficient (Wildman–Crippen LogP) is 2.32. The van der Waals surface area contributed by atoms with Crippen LogP contribution in [0, 0.1) is 6.92 Å². The van der Waals surface area contributed by atoms with Crippen LogP contribution in [0.5, 0.6) is 11.5 Å². The minimum Gasteiger partial charge on any atom is -0.493 e. The molecule has 0 saturated carbocycles. The highest BCUT2D eigenvalue weighted by Gasteiger charge is 2.19. The molecule has 0 unspecified atom stereocenters. The van der Waals surface area contributed by atoms with E-state index in [1.165, 1.54) is 19.2 Å². The average molecular weight is 299 g/mol. The average Bonchev–Trinajstić information content (AvgIpc) is 2.81. The van der Waals surface area contributed by atoms with Crippen molar-refractivity contribution in [3.05, 3.63) is 34.4 Å². The maximum atomic E-state index is 11.2. The molecule has 0 fully saturated rings. The smallest absolute Gasteiger partial charge is 0.339 e. The van der Waals surface area contributed by atoms with E-state index >= 15 is 0 Å². The molecule has 1 aromatic carbocycles. The minimum atomic E-state index is -1.18. The van der Waals surface area contributed by atoms with Crippen molar-refractivity contribution < 1.29 is 23.9 Å². The van der Waals surface area contributed by atoms with Crippen LogP contribution in [0.3, 0.4) is 0 Å². The van der Waals surface area contributed by atoms with Gasteiger partial charge in [-0.25, -0.2) is 4.79 Å². The van der Waals surface area contributed by atoms with Crippen LogP contribution >= 0.6 is 11.6 Å². The van der Waals surface area contributed by atoms with Gasteiger partial charge in [-0.05, 0) is 13.0 Å². The highest BCUT2D eigenvalue weighted by atomic mass is 35.5. The molecule has 1 heterocycles. The highest BCUT2D eigenvalue weighted by Crippen LogP contribution is 2.35. The van der Waals surface area contributed by atoms with Crippen molar-refractivity contribution in [3.63, 3.8) is 0 Å². The summed E-state index contributed by atoms with van der Waals surface area (Å²) < 4.78 is 15.4. The number of ether oxygens (including phenoxy) is 2. The molecule has 0 aliphatic rings. The number of carbonyl (C=O) groups is 1. The number of aromatic carboxylic acids is 1. The quantitative estimate of drug-likeness (QED) is 0.905. The third-order valence-corrected chi connectivity index (χ3v) is 2.60. The number of aromatic nitrogens is 2. The van der Waals surface area contributed by atoms with Crippen LogP contribution in [0.1, 0.15) is 22.1 Å². The fourth-order valence-electron chi connectivity index (χ4n) is 1.56. The van der Waals surface area contributed by atoms with Gasteiger partial charge < -0.3 is 19.1 Å². The van der Waals surface area contributed by atoms with Gasteiger partial charge in [0.1, 0.15) is 5.56 Å². The third kappa shape index (κ3) is 3.00. The third-order valence-electron chi connectivity index (χ3n) is 2.38. The van der Waals surface area contributed by atoms with Crippen molar-refractivity contribution in [1.82, 2.24) is 10.1 Å². The second kappa shape index (κ2) is 5.79. The van der Waals surface area contributed by atoms with E-state index < -0.39 is 5.97 Å². The highest BCUT2D eigenvalue weighted by molar-refractivity contribution is 6.31. The SMILES string of the molecule is COc1cc(Cl)cc(C(=O)O)c1OCc1nc(C)no1. The summed E-state index contributed by atoms with van der Waals surface area (Å²) in [6.45, 7) is 1.59. The normalized spacial score (nSPS) is 10.3. The second-order valence-corrected chi connectivity index (χ2v) is 4.25. The molecule has 0 radical (unpaired) electrons. The Morgan fingerprint density at radius 1 is 1.50 bits per heavy atom. The molecule has 7 nitrogen and oxygen atoms in total. The van der Waals surface area contributed by atoms with Gasteiger partial charge in [0.25, 0.3) is 5.89 Å². The maximum Gasteiger partial charge on any atom is 0.339 e. The van der Waals surface area contributed by atoms with Crippen LogP contribution in [0.2, 0.25) is 5.02 Å². The van der Waals surface area contributed by atoms with Crippen molar-refractivity contribution in [3.8, 4) is 11.5 Å². The zero-order valence-electron chi connectivity index (χ0n) is 10.7. The number of benzene rings is 1. The van der Waals surface area contributed by atoms with E-state index in [2.05, 4.69) is 10.1 Å². The number of methoxy groups -OCH3 is 1. The number of rotatable bonds is 5. The van der Waals surface area contributed by atoms with Crippen LogP contribution in [0.4, 0.5) is 0 Å². The van der Waals surface area contributed by atoms with Gasteiger partial charge in [0.2, 0.25) is 0 Å². The Kier molecular flexibility index (Phi) is 4.09. The minimum absolute atomic E-state index is 0.0558. The Morgan fingerprint density at radius 3 is 2.80 bits per heavy atom. The summed E-state index contributed by atoms with van der Waals surface area (Å²) in [5.74, 6) is -0.213. The Bertz CT molecular complexity index is 641. The molecule has 0 aliphatic carbocycles. The lowest BCUT2D eigenvalue weighted by Gasteiger charge is -2.12. The summed E-state index contributed by atoms with van der Waals surface area (Å²) >= 11 is 5.83. The molecule has 0 atom stereocenters. The lowest BCUT2D eigenvalue weighted by molar-refractivity contribution is 0.0690. The van der Waals surface area contributed by atoms with Gasteiger partial charge in [-0.1, -0.05) is 16.8 Å². The number of hydrogen-bond donors (Lipinski definition) is 1. The molecule has 106 valence electrons. The topological polar surface area (TPSA) is 94.7 Å². The molecule has 8 heteroatoms. The van der Waals surface area contributed by atoms with E-state index in [4.69, 9.17) is 30.7 Å². The molecule has 0 spiro atoms. The Morgan fingerprint density at radius 2 is 2.25 bits per heavy atom. The number of carboxylic acid groups (broad SMARTS) is 1. The summed E-state index contributed by atoms with van der Waals surface area (Å²) in [4.78, 5) is 15.2. The number of nitrogens with zero attached hydrogens (tertiary/aromatic N) is 2. The number of halogens is 1.